The highest BCUT2D eigenvalue weighted by Crippen LogP contribution is 2.43. The van der Waals surface area contributed by atoms with Gasteiger partial charge < -0.3 is 30.6 Å². The summed E-state index contributed by atoms with van der Waals surface area (Å²) < 4.78 is 0. The van der Waals surface area contributed by atoms with Gasteiger partial charge >= 0.3 is 0 Å². The Balaban J connectivity index is 1.27. The number of hydrogen-bond donors (Lipinski definition) is 4. The molecule has 2 fully saturated rings. The molecule has 8 heteroatoms. The molecule has 0 bridgehead atoms. The van der Waals surface area contributed by atoms with E-state index in [0.717, 1.165) is 39.3 Å². The van der Waals surface area contributed by atoms with Crippen molar-refractivity contribution in [2.75, 3.05) is 49.9 Å². The Hall–Kier alpha value is -3.36. The van der Waals surface area contributed by atoms with Crippen molar-refractivity contribution in [3.05, 3.63) is 36.4 Å². The van der Waals surface area contributed by atoms with Crippen molar-refractivity contribution in [1.82, 2.24) is 9.80 Å². The minimum absolute atomic E-state index is 0.0280. The second-order valence-electron chi connectivity index (χ2n) is 10.6. The second kappa shape index (κ2) is 12.0. The van der Waals surface area contributed by atoms with Crippen LogP contribution in [0, 0.1) is 0 Å². The number of carbonyl (C=O) groups is 2. The molecule has 4 N–H and O–H groups in total. The van der Waals surface area contributed by atoms with E-state index >= 15 is 0 Å². The van der Waals surface area contributed by atoms with E-state index in [2.05, 4.69) is 20.4 Å². The molecule has 0 radical (unpaired) electrons. The SMILES string of the molecule is O=C(CCN1CCCCC1)Nc1ccc2c(O)c3cc(NC(=O)CCN4CCCCC4)ccc3c(O)c2c1. The number of phenols is 2. The van der Waals surface area contributed by atoms with Crippen LogP contribution in [0.2, 0.25) is 0 Å². The van der Waals surface area contributed by atoms with Crippen LogP contribution in [0.25, 0.3) is 21.5 Å². The van der Waals surface area contributed by atoms with Crippen molar-refractivity contribution in [3.63, 3.8) is 0 Å². The number of hydrogen-bond acceptors (Lipinski definition) is 6. The number of likely N-dealkylation sites (tertiary alicyclic amines) is 2. The van der Waals surface area contributed by atoms with E-state index in [1.165, 1.54) is 38.5 Å². The first kappa shape index (κ1) is 26.3. The predicted molar refractivity (Wildman–Crippen MR) is 152 cm³/mol. The van der Waals surface area contributed by atoms with Gasteiger partial charge in [-0.25, -0.2) is 0 Å². The minimum Gasteiger partial charge on any atom is -0.507 e. The Morgan fingerprint density at radius 3 is 1.39 bits per heavy atom. The number of fused-ring (bicyclic) bond motifs is 2. The molecule has 0 saturated carbocycles. The highest BCUT2D eigenvalue weighted by atomic mass is 16.3. The molecule has 3 aromatic carbocycles. The molecule has 0 spiro atoms. The fourth-order valence-corrected chi connectivity index (χ4v) is 5.67. The van der Waals surface area contributed by atoms with Crippen molar-refractivity contribution >= 4 is 44.7 Å². The van der Waals surface area contributed by atoms with E-state index in [9.17, 15) is 19.8 Å². The average Bonchev–Trinajstić information content (AvgIpc) is 2.95. The number of nitrogens with zero attached hydrogens (tertiary/aromatic N) is 2. The predicted octanol–water partition coefficient (Wildman–Crippen LogP) is 5.03. The number of nitrogens with one attached hydrogen (secondary N) is 2. The standard InChI is InChI=1S/C30H38N4O4/c35-27(11-17-33-13-3-1-4-14-33)31-21-7-9-23-25(19-21)29(37)24-10-8-22(20-26(24)30(23)38)32-28(36)12-18-34-15-5-2-6-16-34/h7-10,19-20,37-38H,1-6,11-18H2,(H,31,35)(H,32,36). The Kier molecular flexibility index (Phi) is 8.29. The molecule has 202 valence electrons. The summed E-state index contributed by atoms with van der Waals surface area (Å²) in [5, 5.41) is 29.8. The molecule has 0 aliphatic carbocycles. The zero-order chi connectivity index (χ0) is 26.5. The lowest BCUT2D eigenvalue weighted by atomic mass is 9.99. The molecule has 2 aliphatic rings. The van der Waals surface area contributed by atoms with Crippen LogP contribution >= 0.6 is 0 Å². The maximum Gasteiger partial charge on any atom is 0.225 e. The van der Waals surface area contributed by atoms with Crippen LogP contribution in [-0.2, 0) is 9.59 Å². The molecule has 0 atom stereocenters. The highest BCUT2D eigenvalue weighted by Gasteiger charge is 2.17. The van der Waals surface area contributed by atoms with E-state index < -0.39 is 0 Å². The average molecular weight is 519 g/mol. The Morgan fingerprint density at radius 2 is 1.00 bits per heavy atom. The molecule has 38 heavy (non-hydrogen) atoms. The summed E-state index contributed by atoms with van der Waals surface area (Å²) in [5.41, 5.74) is 1.15. The molecule has 2 aliphatic heterocycles. The van der Waals surface area contributed by atoms with Gasteiger partial charge in [0.15, 0.2) is 0 Å². The highest BCUT2D eigenvalue weighted by molar-refractivity contribution is 6.12. The summed E-state index contributed by atoms with van der Waals surface area (Å²) in [5.74, 6) is -0.0828. The Morgan fingerprint density at radius 1 is 0.605 bits per heavy atom. The van der Waals surface area contributed by atoms with E-state index in [-0.39, 0.29) is 23.3 Å². The normalized spacial score (nSPS) is 17.1. The number of benzene rings is 3. The van der Waals surface area contributed by atoms with Crippen LogP contribution in [0.1, 0.15) is 51.4 Å². The smallest absolute Gasteiger partial charge is 0.225 e. The van der Waals surface area contributed by atoms with Crippen molar-refractivity contribution in [3.8, 4) is 11.5 Å². The summed E-state index contributed by atoms with van der Waals surface area (Å²) >= 11 is 0. The number of phenolic OH excluding ortho intramolecular Hbond substituents is 2. The third-order valence-corrected chi connectivity index (χ3v) is 7.83. The molecule has 2 heterocycles. The first-order chi connectivity index (χ1) is 18.5. The first-order valence-corrected chi connectivity index (χ1v) is 13.9. The number of aromatic hydroxyl groups is 2. The molecule has 2 saturated heterocycles. The number of piperidine rings is 2. The summed E-state index contributed by atoms with van der Waals surface area (Å²) in [6.45, 7) is 5.68. The van der Waals surface area contributed by atoms with E-state index in [4.69, 9.17) is 0 Å². The summed E-state index contributed by atoms with van der Waals surface area (Å²) in [7, 11) is 0. The fourth-order valence-electron chi connectivity index (χ4n) is 5.67. The zero-order valence-electron chi connectivity index (χ0n) is 22.0. The van der Waals surface area contributed by atoms with Gasteiger partial charge in [-0.15, -0.1) is 0 Å². The van der Waals surface area contributed by atoms with Gasteiger partial charge in [0.25, 0.3) is 0 Å². The van der Waals surface area contributed by atoms with Gasteiger partial charge in [0.2, 0.25) is 11.8 Å². The quantitative estimate of drug-likeness (QED) is 0.246. The Labute approximate surface area is 223 Å². The topological polar surface area (TPSA) is 105 Å². The summed E-state index contributed by atoms with van der Waals surface area (Å²) in [4.78, 5) is 29.7. The van der Waals surface area contributed by atoms with Gasteiger partial charge in [-0.2, -0.15) is 0 Å². The number of rotatable bonds is 8. The van der Waals surface area contributed by atoms with E-state index in [1.54, 1.807) is 36.4 Å². The van der Waals surface area contributed by atoms with Gasteiger partial charge in [0.1, 0.15) is 11.5 Å². The van der Waals surface area contributed by atoms with Gasteiger partial charge in [-0.05, 0) is 88.3 Å². The van der Waals surface area contributed by atoms with Gasteiger partial charge in [0.05, 0.1) is 0 Å². The van der Waals surface area contributed by atoms with Gasteiger partial charge in [-0.1, -0.05) is 12.8 Å². The molecule has 2 amide bonds. The van der Waals surface area contributed by atoms with Crippen LogP contribution in [0.3, 0.4) is 0 Å². The zero-order valence-corrected chi connectivity index (χ0v) is 22.0. The lowest BCUT2D eigenvalue weighted by molar-refractivity contribution is -0.117. The summed E-state index contributed by atoms with van der Waals surface area (Å²) in [6, 6.07) is 10.3. The van der Waals surface area contributed by atoms with Crippen LogP contribution in [0.4, 0.5) is 11.4 Å². The van der Waals surface area contributed by atoms with Crippen molar-refractivity contribution in [1.29, 1.82) is 0 Å². The lowest BCUT2D eigenvalue weighted by Crippen LogP contribution is -2.32. The van der Waals surface area contributed by atoms with Crippen molar-refractivity contribution in [2.45, 2.75) is 51.4 Å². The summed E-state index contributed by atoms with van der Waals surface area (Å²) in [6.07, 6.45) is 8.12. The molecule has 5 rings (SSSR count). The second-order valence-corrected chi connectivity index (χ2v) is 10.6. The van der Waals surface area contributed by atoms with Crippen LogP contribution in [0.15, 0.2) is 36.4 Å². The minimum atomic E-state index is -0.0694. The van der Waals surface area contributed by atoms with Gasteiger partial charge in [-0.3, -0.25) is 9.59 Å². The molecule has 0 unspecified atom stereocenters. The van der Waals surface area contributed by atoms with Crippen molar-refractivity contribution in [2.24, 2.45) is 0 Å². The van der Waals surface area contributed by atoms with E-state index in [0.29, 0.717) is 45.8 Å². The molecule has 0 aromatic heterocycles. The van der Waals surface area contributed by atoms with E-state index in [1.807, 2.05) is 0 Å². The third kappa shape index (κ3) is 6.19. The molecule has 8 nitrogen and oxygen atoms in total. The maximum atomic E-state index is 12.5. The fraction of sp³-hybridized carbons (Fsp3) is 0.467. The number of carbonyl (C=O) groups excluding carboxylic acids is 2. The largest absolute Gasteiger partial charge is 0.507 e. The number of amides is 2. The first-order valence-electron chi connectivity index (χ1n) is 13.9. The third-order valence-electron chi connectivity index (χ3n) is 7.83. The number of anilines is 2. The molecular weight excluding hydrogens is 480 g/mol. The lowest BCUT2D eigenvalue weighted by Gasteiger charge is -2.26. The van der Waals surface area contributed by atoms with Gasteiger partial charge in [0, 0.05) is 58.9 Å². The van der Waals surface area contributed by atoms with Crippen LogP contribution < -0.4 is 10.6 Å². The van der Waals surface area contributed by atoms with Crippen LogP contribution in [-0.4, -0.2) is 71.1 Å². The monoisotopic (exact) mass is 518 g/mol. The Bertz CT molecular complexity index is 1210. The van der Waals surface area contributed by atoms with Crippen LogP contribution in [0.5, 0.6) is 11.5 Å². The maximum absolute atomic E-state index is 12.5. The molecule has 3 aromatic rings. The van der Waals surface area contributed by atoms with Crippen molar-refractivity contribution < 1.29 is 19.8 Å². The molecular formula is C30H38N4O4.